The molecule has 0 aliphatic rings. The smallest absolute Gasteiger partial charge is 0.305 e. The number of hydrogen-bond acceptors (Lipinski definition) is 9. The topological polar surface area (TPSA) is 121 Å². The lowest BCUT2D eigenvalue weighted by Gasteiger charge is -2.45. The highest BCUT2D eigenvalue weighted by atomic mass is 28.4. The fourth-order valence-electron chi connectivity index (χ4n) is 10.1. The van der Waals surface area contributed by atoms with E-state index < -0.39 is 30.6 Å². The maximum absolute atomic E-state index is 12.2. The average molecular weight is 1050 g/mol. The number of rotatable bonds is 26. The summed E-state index contributed by atoms with van der Waals surface area (Å²) in [6.45, 7) is 27.3. The number of carbonyl (C=O) groups excluding carboxylic acids is 2. The zero-order valence-electron chi connectivity index (χ0n) is 45.4. The molecule has 0 amide bonds. The molecule has 0 aliphatic carbocycles. The van der Waals surface area contributed by atoms with Crippen molar-refractivity contribution < 1.29 is 42.6 Å². The van der Waals surface area contributed by atoms with Gasteiger partial charge >= 0.3 is 11.9 Å². The van der Waals surface area contributed by atoms with E-state index in [1.807, 2.05) is 43.3 Å². The third-order valence-electron chi connectivity index (χ3n) is 14.0. The van der Waals surface area contributed by atoms with Crippen molar-refractivity contribution in [3.63, 3.8) is 0 Å². The normalized spacial score (nSPS) is 14.0. The van der Waals surface area contributed by atoms with Crippen LogP contribution in [0.25, 0.3) is 0 Å². The van der Waals surface area contributed by atoms with Crippen LogP contribution in [0.3, 0.4) is 0 Å². The minimum absolute atomic E-state index is 0. The predicted molar refractivity (Wildman–Crippen MR) is 309 cm³/mol. The highest BCUT2D eigenvalue weighted by molar-refractivity contribution is 7.00. The van der Waals surface area contributed by atoms with E-state index in [1.54, 1.807) is 0 Å². The fourth-order valence-corrected chi connectivity index (χ4v) is 21.1. The first-order valence-electron chi connectivity index (χ1n) is 25.6. The van der Waals surface area contributed by atoms with Gasteiger partial charge in [-0.25, -0.2) is 0 Å². The molecule has 0 saturated heterocycles. The molecule has 4 aromatic carbocycles. The summed E-state index contributed by atoms with van der Waals surface area (Å²) in [5.41, 5.74) is -1.41. The Kier molecular flexibility index (Phi) is 27.6. The molecule has 0 saturated carbocycles. The number of benzene rings is 4. The van der Waals surface area contributed by atoms with E-state index in [1.165, 1.54) is 35.0 Å². The van der Waals surface area contributed by atoms with Crippen molar-refractivity contribution in [2.75, 3.05) is 34.0 Å². The number of methoxy groups -OCH3 is 2. The Morgan fingerprint density at radius 3 is 1.07 bits per heavy atom. The van der Waals surface area contributed by atoms with E-state index in [0.717, 1.165) is 25.7 Å². The Labute approximate surface area is 441 Å². The Morgan fingerprint density at radius 2 is 0.833 bits per heavy atom. The Balaban J connectivity index is 0.000000705. The number of ether oxygens (including phenoxy) is 2. The maximum atomic E-state index is 12.2. The van der Waals surface area contributed by atoms with Crippen molar-refractivity contribution in [3.8, 4) is 0 Å². The second kappa shape index (κ2) is 30.0. The fraction of sp³-hybridized carbons (Fsp3) is 0.567. The van der Waals surface area contributed by atoms with Crippen LogP contribution < -0.4 is 20.7 Å². The van der Waals surface area contributed by atoms with Crippen molar-refractivity contribution in [2.24, 2.45) is 11.8 Å². The highest BCUT2D eigenvalue weighted by Gasteiger charge is 2.52. The van der Waals surface area contributed by atoms with Crippen molar-refractivity contribution in [3.05, 3.63) is 121 Å². The highest BCUT2D eigenvalue weighted by Crippen LogP contribution is 2.40. The molecule has 0 unspecified atom stereocenters. The van der Waals surface area contributed by atoms with Gasteiger partial charge in [0.1, 0.15) is 0 Å². The van der Waals surface area contributed by atoms with Gasteiger partial charge in [-0.15, -0.1) is 0 Å². The van der Waals surface area contributed by atoms with Gasteiger partial charge in [0.05, 0.1) is 32.0 Å². The molecular formula is C60H98O9Si3. The molecular weight excluding hydrogens is 949 g/mol. The molecule has 0 fully saturated rings. The Hall–Kier alpha value is -3.73. The van der Waals surface area contributed by atoms with Crippen LogP contribution in [0.1, 0.15) is 135 Å². The second-order valence-corrected chi connectivity index (χ2v) is 35.2. The van der Waals surface area contributed by atoms with E-state index in [2.05, 4.69) is 160 Å². The third kappa shape index (κ3) is 18.3. The van der Waals surface area contributed by atoms with Crippen molar-refractivity contribution in [1.82, 2.24) is 0 Å². The van der Waals surface area contributed by atoms with Gasteiger partial charge in [-0.3, -0.25) is 9.59 Å². The van der Waals surface area contributed by atoms with Crippen LogP contribution in [0.5, 0.6) is 0 Å². The van der Waals surface area contributed by atoms with Crippen molar-refractivity contribution in [1.29, 1.82) is 0 Å². The van der Waals surface area contributed by atoms with Gasteiger partial charge in [0.25, 0.3) is 16.6 Å². The Morgan fingerprint density at radius 1 is 0.528 bits per heavy atom. The summed E-state index contributed by atoms with van der Waals surface area (Å²) in [5.74, 6) is -0.380. The van der Waals surface area contributed by atoms with E-state index in [0.29, 0.717) is 38.9 Å². The lowest BCUT2D eigenvalue weighted by atomic mass is 9.84. The quantitative estimate of drug-likeness (QED) is 0.0468. The van der Waals surface area contributed by atoms with Gasteiger partial charge in [-0.1, -0.05) is 198 Å². The molecule has 12 heteroatoms. The van der Waals surface area contributed by atoms with E-state index in [-0.39, 0.29) is 67.3 Å². The molecule has 4 rings (SSSR count). The first kappa shape index (κ1) is 66.3. The largest absolute Gasteiger partial charge is 0.469 e. The molecule has 3 atom stereocenters. The molecule has 72 heavy (non-hydrogen) atoms. The SMILES string of the molecule is C.C.CCC(CC)(C[C@@H](CCC(=O)OC)CO[Si](c1ccccc1)(c1ccccc1)C(C)(C)C)O[Si](C)(C)C.CC[C@@](O)(CO)C[C@@H](CCC(=O)OC)CO[Si](c1ccccc1)(c1ccccc1)C(C)(C)C. The zero-order chi connectivity index (χ0) is 52.3. The summed E-state index contributed by atoms with van der Waals surface area (Å²) in [7, 11) is -4.33. The molecule has 0 radical (unpaired) electrons. The minimum atomic E-state index is -2.73. The van der Waals surface area contributed by atoms with Gasteiger partial charge in [0, 0.05) is 26.1 Å². The summed E-state index contributed by atoms with van der Waals surface area (Å²) >= 11 is 0. The molecule has 0 aliphatic heterocycles. The van der Waals surface area contributed by atoms with Crippen LogP contribution in [-0.2, 0) is 32.3 Å². The maximum Gasteiger partial charge on any atom is 0.305 e. The van der Waals surface area contributed by atoms with Crippen LogP contribution in [0.2, 0.25) is 29.7 Å². The first-order valence-corrected chi connectivity index (χ1v) is 32.8. The van der Waals surface area contributed by atoms with E-state index >= 15 is 0 Å². The van der Waals surface area contributed by atoms with Gasteiger partial charge in [-0.05, 0) is 107 Å². The molecule has 404 valence electrons. The van der Waals surface area contributed by atoms with Crippen molar-refractivity contribution >= 4 is 57.6 Å². The summed E-state index contributed by atoms with van der Waals surface area (Å²) in [5, 5.41) is 25.3. The number of carbonyl (C=O) groups is 2. The third-order valence-corrected chi connectivity index (χ3v) is 25.0. The van der Waals surface area contributed by atoms with Gasteiger partial charge in [-0.2, -0.15) is 0 Å². The van der Waals surface area contributed by atoms with Crippen LogP contribution in [0.4, 0.5) is 0 Å². The minimum Gasteiger partial charge on any atom is -0.469 e. The van der Waals surface area contributed by atoms with Crippen LogP contribution >= 0.6 is 0 Å². The monoisotopic (exact) mass is 1050 g/mol. The van der Waals surface area contributed by atoms with Gasteiger partial charge in [0.15, 0.2) is 8.32 Å². The number of hydrogen-bond donors (Lipinski definition) is 2. The second-order valence-electron chi connectivity index (χ2n) is 22.2. The molecule has 0 heterocycles. The number of aliphatic hydroxyl groups is 2. The zero-order valence-corrected chi connectivity index (χ0v) is 48.4. The number of esters is 2. The van der Waals surface area contributed by atoms with Gasteiger partial charge in [0.2, 0.25) is 0 Å². The predicted octanol–water partition coefficient (Wildman–Crippen LogP) is 11.9. The number of aliphatic hydroxyl groups excluding tert-OH is 1. The first-order chi connectivity index (χ1) is 32.9. The molecule has 0 spiro atoms. The van der Waals surface area contributed by atoms with Gasteiger partial charge < -0.3 is 33.0 Å². The van der Waals surface area contributed by atoms with E-state index in [9.17, 15) is 19.8 Å². The molecule has 2 N–H and O–H groups in total. The molecule has 0 aromatic heterocycles. The van der Waals surface area contributed by atoms with Crippen LogP contribution in [0.15, 0.2) is 121 Å². The standard InChI is InChI=1S/C31H50O4Si2.C27H40O5Si.2CH4/c1-10-31(11-2,35-36(7,8)9)24-26(22-23-29(32)33-6)25-34-37(30(3,4)5,27-18-14-12-15-19-27)28-20-16-13-17-21-28;1-6-27(30,21-28)19-22(17-18-25(29)31-5)20-32-33(26(2,3)4,23-13-9-7-10-14-23)24-15-11-8-12-16-24;;/h12-21,26H,10-11,22-25H2,1-9H3;7-16,22,28,30H,6,17-21H2,1-5H3;2*1H4/t26-;22-,27+;;/m11../s1. The average Bonchev–Trinajstić information content (AvgIpc) is 3.34. The van der Waals surface area contributed by atoms with Crippen molar-refractivity contribution in [2.45, 2.75) is 176 Å². The van der Waals surface area contributed by atoms with Crippen LogP contribution in [0, 0.1) is 11.8 Å². The lowest BCUT2D eigenvalue weighted by Crippen LogP contribution is -2.67. The molecule has 9 nitrogen and oxygen atoms in total. The van der Waals surface area contributed by atoms with Crippen LogP contribution in [-0.4, -0.2) is 92.3 Å². The summed E-state index contributed by atoms with van der Waals surface area (Å²) < 4.78 is 31.0. The molecule has 4 aromatic rings. The lowest BCUT2D eigenvalue weighted by molar-refractivity contribution is -0.142. The summed E-state index contributed by atoms with van der Waals surface area (Å²) in [6, 6.07) is 42.3. The summed E-state index contributed by atoms with van der Waals surface area (Å²) in [6.07, 6.45) is 5.43. The summed E-state index contributed by atoms with van der Waals surface area (Å²) in [4.78, 5) is 24.0. The Bertz CT molecular complexity index is 2010. The molecule has 0 bridgehead atoms. The van der Waals surface area contributed by atoms with E-state index in [4.69, 9.17) is 22.8 Å².